The number of nitrogens with zero attached hydrogens (tertiary/aromatic N) is 3. The molecule has 0 bridgehead atoms. The van der Waals surface area contributed by atoms with E-state index in [1.807, 2.05) is 0 Å². The van der Waals surface area contributed by atoms with Crippen LogP contribution in [0.1, 0.15) is 27.6 Å². The lowest BCUT2D eigenvalue weighted by Crippen LogP contribution is -2.17. The minimum atomic E-state index is -0.606. The van der Waals surface area contributed by atoms with Gasteiger partial charge in [-0.1, -0.05) is 0 Å². The van der Waals surface area contributed by atoms with E-state index in [-0.39, 0.29) is 18.0 Å². The van der Waals surface area contributed by atoms with Crippen molar-refractivity contribution in [2.45, 2.75) is 6.92 Å². The summed E-state index contributed by atoms with van der Waals surface area (Å²) in [5.41, 5.74) is 6.13. The molecular formula is C12H12N4O3. The van der Waals surface area contributed by atoms with Crippen molar-refractivity contribution in [3.63, 3.8) is 0 Å². The Morgan fingerprint density at radius 3 is 2.84 bits per heavy atom. The number of ether oxygens (including phenoxy) is 1. The molecule has 0 aliphatic rings. The second kappa shape index (κ2) is 5.30. The molecule has 0 aliphatic heterocycles. The lowest BCUT2D eigenvalue weighted by molar-refractivity contribution is 0.0527. The molecule has 2 rings (SSSR count). The zero-order chi connectivity index (χ0) is 13.8. The zero-order valence-electron chi connectivity index (χ0n) is 10.2. The SMILES string of the molecule is CCOC(=O)c1cnn(C(=O)c2cccnc2)c1N. The first kappa shape index (κ1) is 12.7. The number of carbonyl (C=O) groups excluding carboxylic acids is 2. The van der Waals surface area contributed by atoms with Gasteiger partial charge in [0.2, 0.25) is 0 Å². The van der Waals surface area contributed by atoms with Crippen molar-refractivity contribution in [2.75, 3.05) is 12.3 Å². The fourth-order valence-electron chi connectivity index (χ4n) is 1.50. The number of rotatable bonds is 3. The Bertz CT molecular complexity index is 607. The van der Waals surface area contributed by atoms with Crippen LogP contribution in [0, 0.1) is 0 Å². The van der Waals surface area contributed by atoms with Crippen LogP contribution in [-0.2, 0) is 4.74 Å². The van der Waals surface area contributed by atoms with Crippen LogP contribution < -0.4 is 5.73 Å². The molecule has 2 N–H and O–H groups in total. The Kier molecular flexibility index (Phi) is 3.56. The number of anilines is 1. The molecule has 0 amide bonds. The van der Waals surface area contributed by atoms with Crippen molar-refractivity contribution >= 4 is 17.7 Å². The molecule has 0 saturated carbocycles. The summed E-state index contributed by atoms with van der Waals surface area (Å²) in [5.74, 6) is -1.11. The molecule has 19 heavy (non-hydrogen) atoms. The maximum Gasteiger partial charge on any atom is 0.343 e. The lowest BCUT2D eigenvalue weighted by Gasteiger charge is -2.03. The van der Waals surface area contributed by atoms with Crippen molar-refractivity contribution in [1.82, 2.24) is 14.8 Å². The largest absolute Gasteiger partial charge is 0.462 e. The second-order valence-electron chi connectivity index (χ2n) is 3.62. The summed E-state index contributed by atoms with van der Waals surface area (Å²) in [5, 5.41) is 3.81. The molecular weight excluding hydrogens is 248 g/mol. The molecule has 0 radical (unpaired) electrons. The van der Waals surface area contributed by atoms with E-state index in [0.29, 0.717) is 5.56 Å². The van der Waals surface area contributed by atoms with Gasteiger partial charge in [0.25, 0.3) is 5.91 Å². The molecule has 0 unspecified atom stereocenters. The van der Waals surface area contributed by atoms with Crippen molar-refractivity contribution in [1.29, 1.82) is 0 Å². The maximum absolute atomic E-state index is 12.1. The van der Waals surface area contributed by atoms with Gasteiger partial charge in [-0.05, 0) is 19.1 Å². The fraction of sp³-hybridized carbons (Fsp3) is 0.167. The van der Waals surface area contributed by atoms with E-state index in [0.717, 1.165) is 4.68 Å². The summed E-state index contributed by atoms with van der Waals surface area (Å²) in [6, 6.07) is 3.21. The number of hydrogen-bond acceptors (Lipinski definition) is 6. The van der Waals surface area contributed by atoms with E-state index in [2.05, 4.69) is 10.1 Å². The Labute approximate surface area is 109 Å². The quantitative estimate of drug-likeness (QED) is 0.816. The summed E-state index contributed by atoms with van der Waals surface area (Å²) >= 11 is 0. The van der Waals surface area contributed by atoms with E-state index in [1.54, 1.807) is 25.3 Å². The number of carbonyl (C=O) groups is 2. The Balaban J connectivity index is 2.32. The predicted octanol–water partition coefficient (Wildman–Crippen LogP) is 0.726. The minimum absolute atomic E-state index is 0.0488. The van der Waals surface area contributed by atoms with Crippen molar-refractivity contribution in [2.24, 2.45) is 0 Å². The van der Waals surface area contributed by atoms with E-state index in [4.69, 9.17) is 10.5 Å². The van der Waals surface area contributed by atoms with Crippen LogP contribution in [0.5, 0.6) is 0 Å². The van der Waals surface area contributed by atoms with Crippen LogP contribution in [0.2, 0.25) is 0 Å². The van der Waals surface area contributed by atoms with Gasteiger partial charge in [0.05, 0.1) is 18.4 Å². The number of aromatic nitrogens is 3. The molecule has 0 saturated heterocycles. The van der Waals surface area contributed by atoms with Crippen LogP contribution in [0.3, 0.4) is 0 Å². The number of nitrogen functional groups attached to an aromatic ring is 1. The maximum atomic E-state index is 12.1. The van der Waals surface area contributed by atoms with E-state index in [1.165, 1.54) is 12.4 Å². The molecule has 98 valence electrons. The average Bonchev–Trinajstić information content (AvgIpc) is 2.81. The fourth-order valence-corrected chi connectivity index (χ4v) is 1.50. The molecule has 7 nitrogen and oxygen atoms in total. The highest BCUT2D eigenvalue weighted by molar-refractivity contribution is 6.01. The molecule has 2 aromatic rings. The summed E-state index contributed by atoms with van der Waals surface area (Å²) in [6.45, 7) is 1.90. The molecule has 2 heterocycles. The average molecular weight is 260 g/mol. The van der Waals surface area contributed by atoms with Gasteiger partial charge in [-0.2, -0.15) is 9.78 Å². The first-order chi connectivity index (χ1) is 9.15. The van der Waals surface area contributed by atoms with Gasteiger partial charge < -0.3 is 10.5 Å². The summed E-state index contributed by atoms with van der Waals surface area (Å²) in [6.07, 6.45) is 4.16. The smallest absolute Gasteiger partial charge is 0.343 e. The second-order valence-corrected chi connectivity index (χ2v) is 3.62. The lowest BCUT2D eigenvalue weighted by atomic mass is 10.2. The molecule has 0 fully saturated rings. The van der Waals surface area contributed by atoms with Gasteiger partial charge in [-0.3, -0.25) is 9.78 Å². The Morgan fingerprint density at radius 1 is 1.42 bits per heavy atom. The molecule has 2 aromatic heterocycles. The number of pyridine rings is 1. The number of esters is 1. The van der Waals surface area contributed by atoms with Crippen LogP contribution in [0.15, 0.2) is 30.7 Å². The summed E-state index contributed by atoms with van der Waals surface area (Å²) < 4.78 is 5.76. The van der Waals surface area contributed by atoms with Crippen LogP contribution in [-0.4, -0.2) is 33.2 Å². The minimum Gasteiger partial charge on any atom is -0.462 e. The Morgan fingerprint density at radius 2 is 2.21 bits per heavy atom. The van der Waals surface area contributed by atoms with Crippen molar-refractivity contribution in [3.05, 3.63) is 41.9 Å². The van der Waals surface area contributed by atoms with Crippen LogP contribution >= 0.6 is 0 Å². The van der Waals surface area contributed by atoms with Gasteiger partial charge in [0.15, 0.2) is 0 Å². The summed E-state index contributed by atoms with van der Waals surface area (Å²) in [7, 11) is 0. The topological polar surface area (TPSA) is 100 Å². The highest BCUT2D eigenvalue weighted by atomic mass is 16.5. The highest BCUT2D eigenvalue weighted by Gasteiger charge is 2.20. The van der Waals surface area contributed by atoms with Crippen molar-refractivity contribution < 1.29 is 14.3 Å². The monoisotopic (exact) mass is 260 g/mol. The standard InChI is InChI=1S/C12H12N4O3/c1-2-19-12(18)9-7-15-16(10(9)13)11(17)8-4-3-5-14-6-8/h3-7H,2,13H2,1H3. The zero-order valence-corrected chi connectivity index (χ0v) is 10.2. The summed E-state index contributed by atoms with van der Waals surface area (Å²) in [4.78, 5) is 27.5. The molecule has 0 atom stereocenters. The highest BCUT2D eigenvalue weighted by Crippen LogP contribution is 2.14. The third-order valence-electron chi connectivity index (χ3n) is 2.40. The first-order valence-electron chi connectivity index (χ1n) is 5.60. The van der Waals surface area contributed by atoms with Crippen LogP contribution in [0.25, 0.3) is 0 Å². The third kappa shape index (κ3) is 2.44. The van der Waals surface area contributed by atoms with Gasteiger partial charge in [0, 0.05) is 12.4 Å². The van der Waals surface area contributed by atoms with E-state index in [9.17, 15) is 9.59 Å². The first-order valence-corrected chi connectivity index (χ1v) is 5.60. The van der Waals surface area contributed by atoms with Crippen molar-refractivity contribution in [3.8, 4) is 0 Å². The van der Waals surface area contributed by atoms with E-state index < -0.39 is 11.9 Å². The van der Waals surface area contributed by atoms with Crippen LogP contribution in [0.4, 0.5) is 5.82 Å². The number of hydrogen-bond donors (Lipinski definition) is 1. The molecule has 7 heteroatoms. The van der Waals surface area contributed by atoms with Gasteiger partial charge in [0.1, 0.15) is 11.4 Å². The third-order valence-corrected chi connectivity index (χ3v) is 2.40. The molecule has 0 aliphatic carbocycles. The normalized spacial score (nSPS) is 10.2. The number of nitrogens with two attached hydrogens (primary N) is 1. The van der Waals surface area contributed by atoms with Gasteiger partial charge in [-0.25, -0.2) is 4.79 Å². The Hall–Kier alpha value is -2.70. The predicted molar refractivity (Wildman–Crippen MR) is 66.6 cm³/mol. The molecule has 0 aromatic carbocycles. The van der Waals surface area contributed by atoms with Gasteiger partial charge in [-0.15, -0.1) is 0 Å². The van der Waals surface area contributed by atoms with Gasteiger partial charge >= 0.3 is 5.97 Å². The van der Waals surface area contributed by atoms with E-state index >= 15 is 0 Å². The molecule has 0 spiro atoms.